The van der Waals surface area contributed by atoms with Crippen LogP contribution >= 0.6 is 0 Å². The molecule has 0 amide bonds. The van der Waals surface area contributed by atoms with Gasteiger partial charge in [-0.05, 0) is 26.7 Å². The van der Waals surface area contributed by atoms with E-state index in [9.17, 15) is 8.42 Å². The van der Waals surface area contributed by atoms with Crippen LogP contribution in [0.15, 0.2) is 6.33 Å². The van der Waals surface area contributed by atoms with Gasteiger partial charge in [0.05, 0.1) is 18.1 Å². The van der Waals surface area contributed by atoms with Crippen LogP contribution in [0.3, 0.4) is 0 Å². The summed E-state index contributed by atoms with van der Waals surface area (Å²) in [7, 11) is -2.78. The molecule has 0 unspecified atom stereocenters. The van der Waals surface area contributed by atoms with E-state index in [0.717, 1.165) is 5.82 Å². The molecule has 1 aliphatic rings. The van der Waals surface area contributed by atoms with Gasteiger partial charge in [0, 0.05) is 12.1 Å². The quantitative estimate of drug-likeness (QED) is 0.865. The lowest BCUT2D eigenvalue weighted by atomic mass is 10.1. The second-order valence-electron chi connectivity index (χ2n) is 5.02. The number of aromatic nitrogens is 3. The second-order valence-corrected chi connectivity index (χ2v) is 7.33. The molecule has 0 bridgehead atoms. The largest absolute Gasteiger partial charge is 0.307 e. The average molecular weight is 272 g/mol. The Balaban J connectivity index is 1.87. The Bertz CT molecular complexity index is 481. The Morgan fingerprint density at radius 3 is 2.72 bits per heavy atom. The number of hydrogen-bond acceptors (Lipinski definition) is 5. The van der Waals surface area contributed by atoms with Crippen molar-refractivity contribution in [1.29, 1.82) is 0 Å². The third-order valence-corrected chi connectivity index (χ3v) is 4.96. The van der Waals surface area contributed by atoms with Gasteiger partial charge in [0.1, 0.15) is 22.0 Å². The summed E-state index contributed by atoms with van der Waals surface area (Å²) in [5.41, 5.74) is 0. The summed E-state index contributed by atoms with van der Waals surface area (Å²) in [5.74, 6) is 1.49. The minimum Gasteiger partial charge on any atom is -0.307 e. The Morgan fingerprint density at radius 2 is 2.11 bits per heavy atom. The summed E-state index contributed by atoms with van der Waals surface area (Å²) in [6.45, 7) is 4.76. The molecule has 1 aromatic heterocycles. The Kier molecular flexibility index (Phi) is 4.01. The summed E-state index contributed by atoms with van der Waals surface area (Å²) in [4.78, 5) is 4.22. The minimum absolute atomic E-state index is 0.269. The van der Waals surface area contributed by atoms with Crippen molar-refractivity contribution in [1.82, 2.24) is 20.1 Å². The van der Waals surface area contributed by atoms with Crippen LogP contribution in [0.25, 0.3) is 0 Å². The average Bonchev–Trinajstić information content (AvgIpc) is 2.76. The van der Waals surface area contributed by atoms with Gasteiger partial charge in [-0.3, -0.25) is 0 Å². The van der Waals surface area contributed by atoms with Crippen molar-refractivity contribution >= 4 is 9.84 Å². The van der Waals surface area contributed by atoms with Crippen molar-refractivity contribution in [3.05, 3.63) is 12.2 Å². The Hall–Kier alpha value is -0.950. The lowest BCUT2D eigenvalue weighted by Crippen LogP contribution is -2.37. The predicted octanol–water partition coefficient (Wildman–Crippen LogP) is 0.526. The summed E-state index contributed by atoms with van der Waals surface area (Å²) in [6.07, 6.45) is 2.94. The van der Waals surface area contributed by atoms with Crippen LogP contribution in [0.1, 0.15) is 38.6 Å². The Morgan fingerprint density at radius 1 is 1.44 bits per heavy atom. The molecule has 102 valence electrons. The predicted molar refractivity (Wildman–Crippen MR) is 68.9 cm³/mol. The van der Waals surface area contributed by atoms with Crippen molar-refractivity contribution < 1.29 is 8.42 Å². The second kappa shape index (κ2) is 5.36. The van der Waals surface area contributed by atoms with Crippen LogP contribution in [-0.2, 0) is 16.4 Å². The van der Waals surface area contributed by atoms with Gasteiger partial charge >= 0.3 is 0 Å². The number of nitrogens with zero attached hydrogens (tertiary/aromatic N) is 3. The fourth-order valence-corrected chi connectivity index (χ4v) is 3.65. The standard InChI is InChI=1S/C11H20N4O2S/c1-9(2)15-11(13-8-14-15)7-12-10-3-5-18(16,17)6-4-10/h8-10,12H,3-7H2,1-2H3. The molecule has 0 atom stereocenters. The number of nitrogens with one attached hydrogen (secondary N) is 1. The maximum absolute atomic E-state index is 11.3. The van der Waals surface area contributed by atoms with Gasteiger partial charge < -0.3 is 5.32 Å². The van der Waals surface area contributed by atoms with Crippen molar-refractivity contribution in [3.63, 3.8) is 0 Å². The van der Waals surface area contributed by atoms with Crippen molar-refractivity contribution in [2.75, 3.05) is 11.5 Å². The maximum Gasteiger partial charge on any atom is 0.150 e. The van der Waals surface area contributed by atoms with Crippen molar-refractivity contribution in [2.45, 2.75) is 45.3 Å². The van der Waals surface area contributed by atoms with Gasteiger partial charge in [0.25, 0.3) is 0 Å². The molecule has 2 heterocycles. The first-order valence-electron chi connectivity index (χ1n) is 6.30. The Labute approximate surface area is 108 Å². The monoisotopic (exact) mass is 272 g/mol. The van der Waals surface area contributed by atoms with Crippen LogP contribution in [0.4, 0.5) is 0 Å². The third-order valence-electron chi connectivity index (χ3n) is 3.24. The molecule has 18 heavy (non-hydrogen) atoms. The van der Waals surface area contributed by atoms with Crippen LogP contribution in [-0.4, -0.2) is 40.7 Å². The third kappa shape index (κ3) is 3.29. The first-order chi connectivity index (χ1) is 8.48. The molecule has 1 N–H and O–H groups in total. The van der Waals surface area contributed by atoms with E-state index in [1.165, 1.54) is 0 Å². The number of rotatable bonds is 4. The highest BCUT2D eigenvalue weighted by molar-refractivity contribution is 7.91. The van der Waals surface area contributed by atoms with E-state index >= 15 is 0 Å². The first kappa shape index (κ1) is 13.5. The molecule has 0 saturated carbocycles. The molecule has 0 aromatic carbocycles. The van der Waals surface area contributed by atoms with Crippen molar-refractivity contribution in [3.8, 4) is 0 Å². The van der Waals surface area contributed by atoms with Crippen molar-refractivity contribution in [2.24, 2.45) is 0 Å². The summed E-state index contributed by atoms with van der Waals surface area (Å²) >= 11 is 0. The highest BCUT2D eigenvalue weighted by atomic mass is 32.2. The van der Waals surface area contributed by atoms with Crippen LogP contribution < -0.4 is 5.32 Å². The van der Waals surface area contributed by atoms with E-state index < -0.39 is 9.84 Å². The summed E-state index contributed by atoms with van der Waals surface area (Å²) in [6, 6.07) is 0.557. The number of hydrogen-bond donors (Lipinski definition) is 1. The normalized spacial score (nSPS) is 20.4. The molecule has 0 spiro atoms. The molecule has 1 fully saturated rings. The molecular formula is C11H20N4O2S. The van der Waals surface area contributed by atoms with Gasteiger partial charge in [-0.25, -0.2) is 18.1 Å². The van der Waals surface area contributed by atoms with Gasteiger partial charge in [0.2, 0.25) is 0 Å². The fourth-order valence-electron chi connectivity index (χ4n) is 2.16. The van der Waals surface area contributed by atoms with E-state index in [4.69, 9.17) is 0 Å². The molecule has 6 nitrogen and oxygen atoms in total. The SMILES string of the molecule is CC(C)n1ncnc1CNC1CCS(=O)(=O)CC1. The summed E-state index contributed by atoms with van der Waals surface area (Å²) < 4.78 is 24.5. The number of sulfone groups is 1. The first-order valence-corrected chi connectivity index (χ1v) is 8.12. The molecular weight excluding hydrogens is 252 g/mol. The zero-order valence-corrected chi connectivity index (χ0v) is 11.7. The molecule has 1 aromatic rings. The molecule has 0 aliphatic carbocycles. The van der Waals surface area contributed by atoms with Gasteiger partial charge in [-0.2, -0.15) is 5.10 Å². The minimum atomic E-state index is -2.78. The smallest absolute Gasteiger partial charge is 0.150 e. The molecule has 0 radical (unpaired) electrons. The molecule has 2 rings (SSSR count). The summed E-state index contributed by atoms with van der Waals surface area (Å²) in [5, 5.41) is 7.54. The van der Waals surface area contributed by atoms with E-state index in [1.807, 2.05) is 4.68 Å². The van der Waals surface area contributed by atoms with E-state index in [2.05, 4.69) is 29.2 Å². The zero-order valence-electron chi connectivity index (χ0n) is 10.8. The molecule has 1 saturated heterocycles. The van der Waals surface area contributed by atoms with E-state index in [1.54, 1.807) is 6.33 Å². The fraction of sp³-hybridized carbons (Fsp3) is 0.818. The van der Waals surface area contributed by atoms with Crippen LogP contribution in [0.5, 0.6) is 0 Å². The van der Waals surface area contributed by atoms with Gasteiger partial charge in [-0.15, -0.1) is 0 Å². The van der Waals surface area contributed by atoms with Gasteiger partial charge in [0.15, 0.2) is 0 Å². The van der Waals surface area contributed by atoms with E-state index in [0.29, 0.717) is 30.9 Å². The van der Waals surface area contributed by atoms with Gasteiger partial charge in [-0.1, -0.05) is 0 Å². The molecule has 7 heteroatoms. The maximum atomic E-state index is 11.3. The molecule has 1 aliphatic heterocycles. The highest BCUT2D eigenvalue weighted by Crippen LogP contribution is 2.13. The lowest BCUT2D eigenvalue weighted by molar-refractivity contribution is 0.433. The van der Waals surface area contributed by atoms with Crippen LogP contribution in [0.2, 0.25) is 0 Å². The van der Waals surface area contributed by atoms with E-state index in [-0.39, 0.29) is 12.1 Å². The topological polar surface area (TPSA) is 76.9 Å². The highest BCUT2D eigenvalue weighted by Gasteiger charge is 2.23. The lowest BCUT2D eigenvalue weighted by Gasteiger charge is -2.23. The zero-order chi connectivity index (χ0) is 13.2. The van der Waals surface area contributed by atoms with Crippen LogP contribution in [0, 0.1) is 0 Å².